The Balaban J connectivity index is 0.957. The van der Waals surface area contributed by atoms with E-state index in [1.165, 1.54) is 33.4 Å². The van der Waals surface area contributed by atoms with Gasteiger partial charge in [-0.2, -0.15) is 0 Å². The summed E-state index contributed by atoms with van der Waals surface area (Å²) < 4.78 is 0. The summed E-state index contributed by atoms with van der Waals surface area (Å²) in [6, 6.07) is 44.0. The number of hydrogen-bond acceptors (Lipinski definition) is 6. The Morgan fingerprint density at radius 3 is 1.40 bits per heavy atom. The van der Waals surface area contributed by atoms with Crippen LogP contribution in [0, 0.1) is 5.92 Å². The molecule has 9 heterocycles. The van der Waals surface area contributed by atoms with Crippen molar-refractivity contribution in [2.24, 2.45) is 5.92 Å². The molecule has 3 aromatic carbocycles. The number of nitrogens with zero attached hydrogens (tertiary/aromatic N) is 6. The predicted octanol–water partition coefficient (Wildman–Crippen LogP) is 16.7. The van der Waals surface area contributed by atoms with Gasteiger partial charge in [0.15, 0.2) is 0 Å². The number of aromatic nitrogens is 8. The SMILES string of the molecule is CC1(C)c2ccccc2-c2ccc(-c3cncc(-c4c5nc(c(-c6ccncc6)c6ccc([nH]6)c(-c6cncc(-c7ccc8c(c7)C(C)(C)C7C=CC=CC87)c6)c6nc(c(-c7ccncc7)c7ccc4[nH]7)C=C6)C=C5)c3)cc21. The smallest absolute Gasteiger partial charge is 0.0737 e. The van der Waals surface area contributed by atoms with Gasteiger partial charge in [-0.3, -0.25) is 19.9 Å². The zero-order chi connectivity index (χ0) is 52.3. The topological polar surface area (TPSA) is 109 Å². The van der Waals surface area contributed by atoms with Crippen LogP contribution >= 0.6 is 0 Å². The number of pyridine rings is 4. The molecule has 78 heavy (non-hydrogen) atoms. The number of hydrogen-bond donors (Lipinski definition) is 2. The molecule has 7 aromatic heterocycles. The van der Waals surface area contributed by atoms with E-state index in [0.29, 0.717) is 11.8 Å². The molecule has 8 heteroatoms. The minimum atomic E-state index is -0.137. The molecule has 15 rings (SSSR count). The van der Waals surface area contributed by atoms with Crippen LogP contribution < -0.4 is 0 Å². The zero-order valence-electron chi connectivity index (χ0n) is 43.6. The second kappa shape index (κ2) is 17.4. The van der Waals surface area contributed by atoms with Crippen molar-refractivity contribution in [2.75, 3.05) is 0 Å². The standard InChI is InChI=1S/C70H52N8/c1-69(2)53-11-7-5-9-49(53)51-15-13-43(35-55(51)69)45-33-47(39-73-37-45)67-61-21-17-57(75-61)65(41-25-29-71-30-26-41)59-19-23-63(77-59)68(64-24-20-60(78-64)66(42-27-31-72-32-28-42)58-18-22-62(67)76-58)48-34-46(38-74-40-48)44-14-16-52-50-10-6-8-12-54(50)70(3,4)56(52)36-44/h5-40,49,53,75,78H,1-4H3. The van der Waals surface area contributed by atoms with Crippen molar-refractivity contribution in [3.63, 3.8) is 0 Å². The molecule has 0 spiro atoms. The van der Waals surface area contributed by atoms with Crippen LogP contribution in [0.25, 0.3) is 124 Å². The van der Waals surface area contributed by atoms with Gasteiger partial charge in [0.1, 0.15) is 0 Å². The number of H-pyrrole nitrogens is 2. The molecule has 2 N–H and O–H groups in total. The maximum Gasteiger partial charge on any atom is 0.0737 e. The van der Waals surface area contributed by atoms with Gasteiger partial charge in [-0.15, -0.1) is 0 Å². The molecule has 0 saturated heterocycles. The molecule has 8 nitrogen and oxygen atoms in total. The van der Waals surface area contributed by atoms with Crippen LogP contribution in [0.15, 0.2) is 195 Å². The molecule has 2 unspecified atom stereocenters. The number of aromatic amines is 2. The lowest BCUT2D eigenvalue weighted by atomic mass is 9.74. The van der Waals surface area contributed by atoms with E-state index >= 15 is 0 Å². The van der Waals surface area contributed by atoms with E-state index in [4.69, 9.17) is 19.9 Å². The molecule has 3 aliphatic carbocycles. The van der Waals surface area contributed by atoms with E-state index in [2.05, 4.69) is 193 Å². The third-order valence-corrected chi connectivity index (χ3v) is 17.1. The van der Waals surface area contributed by atoms with E-state index in [9.17, 15) is 0 Å². The molecular formula is C70H52N8. The monoisotopic (exact) mass is 1000 g/mol. The van der Waals surface area contributed by atoms with Crippen molar-refractivity contribution in [2.45, 2.75) is 44.4 Å². The second-order valence-electron chi connectivity index (χ2n) is 22.2. The number of nitrogens with one attached hydrogen (secondary N) is 2. The molecule has 0 radical (unpaired) electrons. The predicted molar refractivity (Wildman–Crippen MR) is 318 cm³/mol. The molecule has 8 bridgehead atoms. The molecule has 2 aliphatic heterocycles. The fourth-order valence-corrected chi connectivity index (χ4v) is 13.2. The quantitative estimate of drug-likeness (QED) is 0.172. The van der Waals surface area contributed by atoms with Crippen molar-refractivity contribution >= 4 is 46.4 Å². The van der Waals surface area contributed by atoms with Gasteiger partial charge < -0.3 is 9.97 Å². The Morgan fingerprint density at radius 1 is 0.385 bits per heavy atom. The van der Waals surface area contributed by atoms with Crippen molar-refractivity contribution in [3.05, 3.63) is 240 Å². The molecule has 0 amide bonds. The maximum absolute atomic E-state index is 5.57. The van der Waals surface area contributed by atoms with Crippen LogP contribution in [0.2, 0.25) is 0 Å². The highest BCUT2D eigenvalue weighted by molar-refractivity contribution is 6.00. The fraction of sp³-hybridized carbons (Fsp3) is 0.114. The van der Waals surface area contributed by atoms with Gasteiger partial charge in [0.2, 0.25) is 0 Å². The van der Waals surface area contributed by atoms with Crippen LogP contribution in [0.5, 0.6) is 0 Å². The number of allylic oxidation sites excluding steroid dienone is 4. The van der Waals surface area contributed by atoms with Crippen LogP contribution in [0.4, 0.5) is 0 Å². The van der Waals surface area contributed by atoms with Crippen molar-refractivity contribution in [3.8, 4) is 77.9 Å². The minimum absolute atomic E-state index is 0.0174. The zero-order valence-corrected chi connectivity index (χ0v) is 43.6. The van der Waals surface area contributed by atoms with E-state index < -0.39 is 0 Å². The van der Waals surface area contributed by atoms with Crippen LogP contribution in [0.3, 0.4) is 0 Å². The Bertz CT molecular complexity index is 4420. The third-order valence-electron chi connectivity index (χ3n) is 17.1. The first kappa shape index (κ1) is 45.7. The lowest BCUT2D eigenvalue weighted by Gasteiger charge is -2.29. The van der Waals surface area contributed by atoms with E-state index in [1.807, 2.05) is 73.8 Å². The first-order valence-electron chi connectivity index (χ1n) is 26.8. The minimum Gasteiger partial charge on any atom is -0.354 e. The lowest BCUT2D eigenvalue weighted by Crippen LogP contribution is -2.24. The molecule has 0 fully saturated rings. The fourth-order valence-electron chi connectivity index (χ4n) is 13.2. The molecule has 2 atom stereocenters. The van der Waals surface area contributed by atoms with Gasteiger partial charge in [-0.05, 0) is 158 Å². The Kier molecular flexibility index (Phi) is 10.2. The van der Waals surface area contributed by atoms with Gasteiger partial charge in [0.25, 0.3) is 0 Å². The van der Waals surface area contributed by atoms with Gasteiger partial charge in [-0.1, -0.05) is 107 Å². The Labute approximate surface area is 452 Å². The maximum atomic E-state index is 5.57. The van der Waals surface area contributed by atoms with E-state index in [0.717, 1.165) is 112 Å². The molecule has 372 valence electrons. The highest BCUT2D eigenvalue weighted by Gasteiger charge is 2.44. The van der Waals surface area contributed by atoms with Crippen LogP contribution in [-0.4, -0.2) is 39.9 Å². The van der Waals surface area contributed by atoms with Crippen molar-refractivity contribution in [1.82, 2.24) is 39.9 Å². The summed E-state index contributed by atoms with van der Waals surface area (Å²) in [4.78, 5) is 37.7. The lowest BCUT2D eigenvalue weighted by molar-refractivity contribution is 0.394. The summed E-state index contributed by atoms with van der Waals surface area (Å²) in [5, 5.41) is 0. The van der Waals surface area contributed by atoms with Crippen molar-refractivity contribution in [1.29, 1.82) is 0 Å². The van der Waals surface area contributed by atoms with Crippen LogP contribution in [0.1, 0.15) is 78.6 Å². The summed E-state index contributed by atoms with van der Waals surface area (Å²) in [5.74, 6) is 0.801. The van der Waals surface area contributed by atoms with Crippen LogP contribution in [-0.2, 0) is 10.8 Å². The van der Waals surface area contributed by atoms with E-state index in [1.54, 1.807) is 0 Å². The van der Waals surface area contributed by atoms with Crippen molar-refractivity contribution < 1.29 is 0 Å². The summed E-state index contributed by atoms with van der Waals surface area (Å²) in [5.41, 5.74) is 26.7. The molecular weight excluding hydrogens is 953 g/mol. The highest BCUT2D eigenvalue weighted by atomic mass is 14.8. The second-order valence-corrected chi connectivity index (χ2v) is 22.2. The summed E-state index contributed by atoms with van der Waals surface area (Å²) in [6.07, 6.45) is 32.9. The summed E-state index contributed by atoms with van der Waals surface area (Å²) in [7, 11) is 0. The Hall–Kier alpha value is -9.66. The van der Waals surface area contributed by atoms with Gasteiger partial charge in [-0.25, -0.2) is 9.97 Å². The number of rotatable bonds is 6. The first-order chi connectivity index (χ1) is 38.2. The largest absolute Gasteiger partial charge is 0.354 e. The molecule has 0 saturated carbocycles. The number of benzene rings is 3. The molecule has 10 aromatic rings. The summed E-state index contributed by atoms with van der Waals surface area (Å²) in [6.45, 7) is 9.41. The van der Waals surface area contributed by atoms with E-state index in [-0.39, 0.29) is 10.8 Å². The van der Waals surface area contributed by atoms with Gasteiger partial charge in [0.05, 0.1) is 22.8 Å². The normalized spacial score (nSPS) is 16.7. The average Bonchev–Trinajstić information content (AvgIpc) is 4.47. The van der Waals surface area contributed by atoms with Gasteiger partial charge in [0, 0.05) is 127 Å². The van der Waals surface area contributed by atoms with Gasteiger partial charge >= 0.3 is 0 Å². The third kappa shape index (κ3) is 7.20. The first-order valence-corrected chi connectivity index (χ1v) is 26.8. The molecule has 5 aliphatic rings. The highest BCUT2D eigenvalue weighted by Crippen LogP contribution is 2.54. The Morgan fingerprint density at radius 2 is 0.846 bits per heavy atom. The summed E-state index contributed by atoms with van der Waals surface area (Å²) >= 11 is 0. The average molecular weight is 1010 g/mol. The number of fused-ring (bicyclic) bond motifs is 14.